The largest absolute Gasteiger partial charge is 0.351 e. The number of hydrogen-bond donors (Lipinski definition) is 1. The summed E-state index contributed by atoms with van der Waals surface area (Å²) in [6, 6.07) is 15.9. The monoisotopic (exact) mass is 497 g/mol. The third-order valence-electron chi connectivity index (χ3n) is 7.34. The van der Waals surface area contributed by atoms with Crippen molar-refractivity contribution < 1.29 is 18.0 Å². The van der Waals surface area contributed by atoms with Crippen molar-refractivity contribution in [2.75, 3.05) is 13.1 Å². The van der Waals surface area contributed by atoms with Gasteiger partial charge in [-0.3, -0.25) is 9.59 Å². The summed E-state index contributed by atoms with van der Waals surface area (Å²) in [6.45, 7) is 3.52. The molecule has 1 saturated carbocycles. The number of amides is 2. The first-order valence-corrected chi connectivity index (χ1v) is 13.9. The summed E-state index contributed by atoms with van der Waals surface area (Å²) in [5, 5.41) is 3.18. The molecule has 1 aliphatic heterocycles. The van der Waals surface area contributed by atoms with Crippen LogP contribution in [-0.2, 0) is 26.2 Å². The van der Waals surface area contributed by atoms with Crippen LogP contribution in [0, 0.1) is 6.92 Å². The molecule has 1 saturated heterocycles. The van der Waals surface area contributed by atoms with E-state index in [9.17, 15) is 18.0 Å². The van der Waals surface area contributed by atoms with Crippen molar-refractivity contribution in [1.82, 2.24) is 14.5 Å². The summed E-state index contributed by atoms with van der Waals surface area (Å²) in [6.07, 6.45) is 6.23. The van der Waals surface area contributed by atoms with E-state index in [-0.39, 0.29) is 42.4 Å². The second-order valence-electron chi connectivity index (χ2n) is 9.93. The van der Waals surface area contributed by atoms with Crippen molar-refractivity contribution in [3.05, 3.63) is 65.7 Å². The van der Waals surface area contributed by atoms with E-state index >= 15 is 0 Å². The molecule has 0 aromatic heterocycles. The first-order chi connectivity index (χ1) is 16.7. The van der Waals surface area contributed by atoms with E-state index in [1.807, 2.05) is 31.2 Å². The smallest absolute Gasteiger partial charge is 0.247 e. The fourth-order valence-electron chi connectivity index (χ4n) is 5.09. The highest BCUT2D eigenvalue weighted by molar-refractivity contribution is 7.89. The Bertz CT molecular complexity index is 1160. The average Bonchev–Trinajstić information content (AvgIpc) is 3.11. The van der Waals surface area contributed by atoms with Crippen LogP contribution in [0.25, 0.3) is 0 Å². The van der Waals surface area contributed by atoms with Crippen LogP contribution in [0.2, 0.25) is 0 Å². The van der Waals surface area contributed by atoms with Crippen molar-refractivity contribution in [2.24, 2.45) is 0 Å². The van der Waals surface area contributed by atoms with Gasteiger partial charge in [-0.1, -0.05) is 68.1 Å². The number of sulfonamides is 1. The Balaban J connectivity index is 1.67. The molecule has 1 heterocycles. The maximum atomic E-state index is 13.8. The van der Waals surface area contributed by atoms with E-state index in [0.29, 0.717) is 0 Å². The summed E-state index contributed by atoms with van der Waals surface area (Å²) in [5.74, 6) is -0.670. The van der Waals surface area contributed by atoms with Crippen LogP contribution in [0.15, 0.2) is 59.5 Å². The summed E-state index contributed by atoms with van der Waals surface area (Å²) in [4.78, 5) is 29.0. The Morgan fingerprint density at radius 2 is 1.63 bits per heavy atom. The number of nitrogens with zero attached hydrogens (tertiary/aromatic N) is 2. The number of aryl methyl sites for hydroxylation is 1. The number of benzene rings is 2. The van der Waals surface area contributed by atoms with Crippen molar-refractivity contribution in [3.63, 3.8) is 0 Å². The zero-order chi connectivity index (χ0) is 25.1. The normalized spacial score (nSPS) is 22.6. The number of hydrogen-bond acceptors (Lipinski definition) is 4. The van der Waals surface area contributed by atoms with E-state index in [0.717, 1.165) is 54.0 Å². The molecular weight excluding hydrogens is 462 g/mol. The van der Waals surface area contributed by atoms with Gasteiger partial charge in [0, 0.05) is 19.1 Å². The van der Waals surface area contributed by atoms with E-state index in [1.54, 1.807) is 30.0 Å². The molecule has 0 radical (unpaired) electrons. The van der Waals surface area contributed by atoms with Gasteiger partial charge in [-0.15, -0.1) is 0 Å². The molecule has 1 aliphatic carbocycles. The molecule has 0 spiro atoms. The topological polar surface area (TPSA) is 86.8 Å². The molecule has 1 atom stereocenters. The predicted molar refractivity (Wildman–Crippen MR) is 135 cm³/mol. The Morgan fingerprint density at radius 3 is 2.29 bits per heavy atom. The maximum absolute atomic E-state index is 13.8. The number of carbonyl (C=O) groups is 2. The molecule has 35 heavy (non-hydrogen) atoms. The minimum atomic E-state index is -3.94. The molecule has 2 fully saturated rings. The first kappa shape index (κ1) is 25.4. The summed E-state index contributed by atoms with van der Waals surface area (Å²) < 4.78 is 28.0. The van der Waals surface area contributed by atoms with Gasteiger partial charge in [-0.05, 0) is 49.9 Å². The van der Waals surface area contributed by atoms with Crippen LogP contribution in [-0.4, -0.2) is 54.1 Å². The van der Waals surface area contributed by atoms with Gasteiger partial charge >= 0.3 is 0 Å². The zero-order valence-corrected chi connectivity index (χ0v) is 21.4. The van der Waals surface area contributed by atoms with Gasteiger partial charge in [0.15, 0.2) is 0 Å². The zero-order valence-electron chi connectivity index (χ0n) is 20.6. The number of piperazine rings is 1. The summed E-state index contributed by atoms with van der Waals surface area (Å²) in [5.41, 5.74) is 0.617. The molecule has 8 heteroatoms. The Hall–Kier alpha value is -2.71. The number of nitrogens with one attached hydrogen (secondary N) is 1. The SMILES string of the molecule is Cc1ccccc1CN1C(=O)CN(S(=O)(=O)c2ccccc2)C[C@]1(C)C(=O)NC1CCCCCC1. The van der Waals surface area contributed by atoms with E-state index in [4.69, 9.17) is 0 Å². The van der Waals surface area contributed by atoms with Gasteiger partial charge in [0.2, 0.25) is 21.8 Å². The molecule has 2 aromatic carbocycles. The fraction of sp³-hybridized carbons (Fsp3) is 0.481. The van der Waals surface area contributed by atoms with Crippen molar-refractivity contribution >= 4 is 21.8 Å². The Morgan fingerprint density at radius 1 is 1.00 bits per heavy atom. The number of carbonyl (C=O) groups excluding carboxylic acids is 2. The lowest BCUT2D eigenvalue weighted by Crippen LogP contribution is -2.70. The highest BCUT2D eigenvalue weighted by Gasteiger charge is 2.50. The lowest BCUT2D eigenvalue weighted by molar-refractivity contribution is -0.154. The maximum Gasteiger partial charge on any atom is 0.247 e. The quantitative estimate of drug-likeness (QED) is 0.618. The first-order valence-electron chi connectivity index (χ1n) is 12.4. The molecule has 7 nitrogen and oxygen atoms in total. The second kappa shape index (κ2) is 10.5. The van der Waals surface area contributed by atoms with Crippen LogP contribution in [0.1, 0.15) is 56.6 Å². The summed E-state index contributed by atoms with van der Waals surface area (Å²) in [7, 11) is -3.94. The molecule has 0 unspecified atom stereocenters. The molecule has 2 amide bonds. The molecule has 0 bridgehead atoms. The second-order valence-corrected chi connectivity index (χ2v) is 11.9. The molecule has 1 N–H and O–H groups in total. The van der Waals surface area contributed by atoms with Crippen LogP contribution in [0.4, 0.5) is 0 Å². The Kier molecular flexibility index (Phi) is 7.62. The predicted octanol–water partition coefficient (Wildman–Crippen LogP) is 3.63. The molecule has 2 aliphatic rings. The minimum Gasteiger partial charge on any atom is -0.351 e. The van der Waals surface area contributed by atoms with Gasteiger partial charge in [-0.25, -0.2) is 8.42 Å². The van der Waals surface area contributed by atoms with E-state index in [1.165, 1.54) is 12.1 Å². The van der Waals surface area contributed by atoms with Crippen LogP contribution >= 0.6 is 0 Å². The van der Waals surface area contributed by atoms with E-state index < -0.39 is 15.6 Å². The molecule has 188 valence electrons. The third-order valence-corrected chi connectivity index (χ3v) is 9.15. The van der Waals surface area contributed by atoms with Crippen molar-refractivity contribution in [2.45, 2.75) is 75.4 Å². The van der Waals surface area contributed by atoms with Crippen LogP contribution in [0.3, 0.4) is 0 Å². The van der Waals surface area contributed by atoms with Crippen LogP contribution in [0.5, 0.6) is 0 Å². The molecular formula is C27H35N3O4S. The van der Waals surface area contributed by atoms with Crippen molar-refractivity contribution in [1.29, 1.82) is 0 Å². The third kappa shape index (κ3) is 5.43. The average molecular weight is 498 g/mol. The summed E-state index contributed by atoms with van der Waals surface area (Å²) >= 11 is 0. The van der Waals surface area contributed by atoms with Gasteiger partial charge in [0.25, 0.3) is 0 Å². The fourth-order valence-corrected chi connectivity index (χ4v) is 6.59. The Labute approximate surface area is 208 Å². The highest BCUT2D eigenvalue weighted by atomic mass is 32.2. The number of rotatable bonds is 6. The van der Waals surface area contributed by atoms with Gasteiger partial charge < -0.3 is 10.2 Å². The van der Waals surface area contributed by atoms with Gasteiger partial charge in [-0.2, -0.15) is 4.31 Å². The van der Waals surface area contributed by atoms with Gasteiger partial charge in [0.05, 0.1) is 11.4 Å². The van der Waals surface area contributed by atoms with Crippen molar-refractivity contribution in [3.8, 4) is 0 Å². The molecule has 4 rings (SSSR count). The minimum absolute atomic E-state index is 0.0401. The van der Waals surface area contributed by atoms with Crippen LogP contribution < -0.4 is 5.32 Å². The van der Waals surface area contributed by atoms with E-state index in [2.05, 4.69) is 5.32 Å². The molecule has 2 aromatic rings. The lowest BCUT2D eigenvalue weighted by Gasteiger charge is -2.47. The lowest BCUT2D eigenvalue weighted by atomic mass is 9.93. The standard InChI is InChI=1S/C27H35N3O4S/c1-21-12-10-11-13-22(21)18-30-25(31)19-29(35(33,34)24-16-8-5-9-17-24)20-27(30,2)26(32)28-23-14-6-3-4-7-15-23/h5,8-13,16-17,23H,3-4,6-7,14-15,18-20H2,1-2H3,(H,28,32)/t27-/m1/s1. The van der Waals surface area contributed by atoms with Gasteiger partial charge in [0.1, 0.15) is 5.54 Å². The highest BCUT2D eigenvalue weighted by Crippen LogP contribution is 2.30.